The van der Waals surface area contributed by atoms with Gasteiger partial charge in [-0.1, -0.05) is 29.3 Å². The van der Waals surface area contributed by atoms with E-state index in [1.807, 2.05) is 6.07 Å². The molecule has 1 heterocycles. The summed E-state index contributed by atoms with van der Waals surface area (Å²) < 4.78 is 0. The molecule has 68 valence electrons. The standard InChI is InChI=1S/C9H7Cl2NO/c10-6-2-1-5(3-7(6)11)8-4-9(13)12-8/h1-3,8H,4H2,(H,12,13). The highest BCUT2D eigenvalue weighted by Crippen LogP contribution is 2.29. The average Bonchev–Trinajstić information content (AvgIpc) is 2.05. The van der Waals surface area contributed by atoms with Gasteiger partial charge in [0.05, 0.1) is 22.5 Å². The molecule has 2 nitrogen and oxygen atoms in total. The molecular formula is C9H7Cl2NO. The van der Waals surface area contributed by atoms with Crippen molar-refractivity contribution in [2.75, 3.05) is 0 Å². The minimum atomic E-state index is 0.0797. The van der Waals surface area contributed by atoms with Crippen LogP contribution in [0.2, 0.25) is 10.0 Å². The van der Waals surface area contributed by atoms with Gasteiger partial charge in [0.25, 0.3) is 0 Å². The summed E-state index contributed by atoms with van der Waals surface area (Å²) in [5.74, 6) is 0.0797. The van der Waals surface area contributed by atoms with Gasteiger partial charge >= 0.3 is 0 Å². The lowest BCUT2D eigenvalue weighted by Gasteiger charge is -2.27. The maximum Gasteiger partial charge on any atom is 0.222 e. The van der Waals surface area contributed by atoms with Crippen molar-refractivity contribution >= 4 is 29.1 Å². The minimum absolute atomic E-state index is 0.0797. The van der Waals surface area contributed by atoms with E-state index in [2.05, 4.69) is 5.32 Å². The van der Waals surface area contributed by atoms with Gasteiger partial charge in [0.1, 0.15) is 0 Å². The van der Waals surface area contributed by atoms with E-state index in [0.717, 1.165) is 5.56 Å². The second-order valence-corrected chi connectivity index (χ2v) is 3.81. The first kappa shape index (κ1) is 8.85. The van der Waals surface area contributed by atoms with Gasteiger partial charge in [0.2, 0.25) is 5.91 Å². The molecular weight excluding hydrogens is 209 g/mol. The highest BCUT2D eigenvalue weighted by Gasteiger charge is 2.26. The Bertz CT molecular complexity index is 357. The molecule has 0 aliphatic carbocycles. The predicted octanol–water partition coefficient (Wildman–Crippen LogP) is 2.55. The molecule has 1 fully saturated rings. The summed E-state index contributed by atoms with van der Waals surface area (Å²) in [6.45, 7) is 0. The first-order chi connectivity index (χ1) is 6.16. The number of benzene rings is 1. The molecule has 0 spiro atoms. The first-order valence-electron chi connectivity index (χ1n) is 3.91. The summed E-state index contributed by atoms with van der Waals surface area (Å²) in [6, 6.07) is 5.51. The topological polar surface area (TPSA) is 29.1 Å². The number of carbonyl (C=O) groups excluding carboxylic acids is 1. The Morgan fingerprint density at radius 1 is 1.31 bits per heavy atom. The zero-order chi connectivity index (χ0) is 9.42. The Morgan fingerprint density at radius 2 is 2.00 bits per heavy atom. The van der Waals surface area contributed by atoms with Crippen molar-refractivity contribution in [3.05, 3.63) is 33.8 Å². The number of β-lactam (4-membered cyclic amide) rings is 1. The highest BCUT2D eigenvalue weighted by molar-refractivity contribution is 6.42. The Kier molecular flexibility index (Phi) is 2.18. The lowest BCUT2D eigenvalue weighted by Crippen LogP contribution is -2.41. The van der Waals surface area contributed by atoms with Gasteiger partial charge in [0.15, 0.2) is 0 Å². The largest absolute Gasteiger partial charge is 0.349 e. The lowest BCUT2D eigenvalue weighted by atomic mass is 9.97. The van der Waals surface area contributed by atoms with E-state index in [1.54, 1.807) is 12.1 Å². The van der Waals surface area contributed by atoms with E-state index in [-0.39, 0.29) is 11.9 Å². The molecule has 0 bridgehead atoms. The Labute approximate surface area is 85.8 Å². The SMILES string of the molecule is O=C1CC(c2ccc(Cl)c(Cl)c2)N1. The van der Waals surface area contributed by atoms with Crippen LogP contribution in [0, 0.1) is 0 Å². The van der Waals surface area contributed by atoms with Gasteiger partial charge in [0, 0.05) is 0 Å². The molecule has 1 amide bonds. The van der Waals surface area contributed by atoms with E-state index < -0.39 is 0 Å². The van der Waals surface area contributed by atoms with Gasteiger partial charge in [-0.2, -0.15) is 0 Å². The van der Waals surface area contributed by atoms with Crippen molar-refractivity contribution in [1.29, 1.82) is 0 Å². The molecule has 1 aromatic carbocycles. The second kappa shape index (κ2) is 3.20. The molecule has 2 rings (SSSR count). The van der Waals surface area contributed by atoms with Crippen molar-refractivity contribution in [2.45, 2.75) is 12.5 Å². The molecule has 1 N–H and O–H groups in total. The number of carbonyl (C=O) groups is 1. The van der Waals surface area contributed by atoms with Crippen LogP contribution in [-0.4, -0.2) is 5.91 Å². The monoisotopic (exact) mass is 215 g/mol. The van der Waals surface area contributed by atoms with Crippen LogP contribution in [-0.2, 0) is 4.79 Å². The predicted molar refractivity (Wildman–Crippen MR) is 52.0 cm³/mol. The van der Waals surface area contributed by atoms with E-state index in [0.29, 0.717) is 16.5 Å². The second-order valence-electron chi connectivity index (χ2n) is 3.00. The van der Waals surface area contributed by atoms with Crippen molar-refractivity contribution < 1.29 is 4.79 Å². The zero-order valence-corrected chi connectivity index (χ0v) is 8.19. The average molecular weight is 216 g/mol. The smallest absolute Gasteiger partial charge is 0.222 e. The van der Waals surface area contributed by atoms with Crippen LogP contribution in [0.5, 0.6) is 0 Å². The normalized spacial score (nSPS) is 20.8. The first-order valence-corrected chi connectivity index (χ1v) is 4.67. The number of nitrogens with one attached hydrogen (secondary N) is 1. The fraction of sp³-hybridized carbons (Fsp3) is 0.222. The molecule has 0 radical (unpaired) electrons. The van der Waals surface area contributed by atoms with Gasteiger partial charge in [-0.25, -0.2) is 0 Å². The van der Waals surface area contributed by atoms with Crippen LogP contribution in [0.3, 0.4) is 0 Å². The number of amides is 1. The third-order valence-electron chi connectivity index (χ3n) is 2.07. The van der Waals surface area contributed by atoms with E-state index in [1.165, 1.54) is 0 Å². The maximum atomic E-state index is 10.7. The van der Waals surface area contributed by atoms with Crippen molar-refractivity contribution in [1.82, 2.24) is 5.32 Å². The Morgan fingerprint density at radius 3 is 2.54 bits per heavy atom. The van der Waals surface area contributed by atoms with Gasteiger partial charge < -0.3 is 5.32 Å². The molecule has 1 atom stereocenters. The van der Waals surface area contributed by atoms with Crippen LogP contribution in [0.1, 0.15) is 18.0 Å². The quantitative estimate of drug-likeness (QED) is 0.718. The van der Waals surface area contributed by atoms with Gasteiger partial charge in [-0.15, -0.1) is 0 Å². The summed E-state index contributed by atoms with van der Waals surface area (Å²) in [4.78, 5) is 10.7. The molecule has 1 aliphatic rings. The molecule has 1 aliphatic heterocycles. The fourth-order valence-corrected chi connectivity index (χ4v) is 1.60. The van der Waals surface area contributed by atoms with Crippen LogP contribution in [0.4, 0.5) is 0 Å². The number of hydrogen-bond acceptors (Lipinski definition) is 1. The van der Waals surface area contributed by atoms with E-state index in [4.69, 9.17) is 23.2 Å². The zero-order valence-electron chi connectivity index (χ0n) is 6.68. The Balaban J connectivity index is 2.22. The summed E-state index contributed by atoms with van der Waals surface area (Å²) in [5.41, 5.74) is 1.01. The molecule has 1 unspecified atom stereocenters. The minimum Gasteiger partial charge on any atom is -0.349 e. The molecule has 4 heteroatoms. The third kappa shape index (κ3) is 1.64. The van der Waals surface area contributed by atoms with Crippen LogP contribution in [0.15, 0.2) is 18.2 Å². The molecule has 0 aromatic heterocycles. The third-order valence-corrected chi connectivity index (χ3v) is 2.81. The lowest BCUT2D eigenvalue weighted by molar-refractivity contribution is -0.128. The van der Waals surface area contributed by atoms with Gasteiger partial charge in [-0.05, 0) is 17.7 Å². The molecule has 1 aromatic rings. The maximum absolute atomic E-state index is 10.7. The van der Waals surface area contributed by atoms with Gasteiger partial charge in [-0.3, -0.25) is 4.79 Å². The number of hydrogen-bond donors (Lipinski definition) is 1. The number of rotatable bonds is 1. The van der Waals surface area contributed by atoms with Crippen molar-refractivity contribution in [3.8, 4) is 0 Å². The van der Waals surface area contributed by atoms with Crippen molar-refractivity contribution in [2.24, 2.45) is 0 Å². The van der Waals surface area contributed by atoms with Crippen molar-refractivity contribution in [3.63, 3.8) is 0 Å². The van der Waals surface area contributed by atoms with Crippen LogP contribution >= 0.6 is 23.2 Å². The molecule has 1 saturated heterocycles. The highest BCUT2D eigenvalue weighted by atomic mass is 35.5. The summed E-state index contributed by atoms with van der Waals surface area (Å²) >= 11 is 11.6. The summed E-state index contributed by atoms with van der Waals surface area (Å²) in [5, 5.41) is 3.83. The van der Waals surface area contributed by atoms with E-state index in [9.17, 15) is 4.79 Å². The summed E-state index contributed by atoms with van der Waals surface area (Å²) in [6.07, 6.45) is 0.540. The van der Waals surface area contributed by atoms with Crippen LogP contribution < -0.4 is 5.32 Å². The fourth-order valence-electron chi connectivity index (χ4n) is 1.29. The van der Waals surface area contributed by atoms with Crippen LogP contribution in [0.25, 0.3) is 0 Å². The Hall–Kier alpha value is -0.730. The molecule has 0 saturated carbocycles. The van der Waals surface area contributed by atoms with E-state index >= 15 is 0 Å². The number of halogens is 2. The molecule has 13 heavy (non-hydrogen) atoms. The summed E-state index contributed by atoms with van der Waals surface area (Å²) in [7, 11) is 0.